The van der Waals surface area contributed by atoms with E-state index in [-0.39, 0.29) is 24.6 Å². The van der Waals surface area contributed by atoms with Crippen molar-refractivity contribution in [3.8, 4) is 23.1 Å². The van der Waals surface area contributed by atoms with Crippen LogP contribution in [-0.2, 0) is 22.5 Å². The summed E-state index contributed by atoms with van der Waals surface area (Å²) in [5.74, 6) is 0.513. The van der Waals surface area contributed by atoms with Crippen molar-refractivity contribution in [2.24, 2.45) is 0 Å². The maximum atomic E-state index is 13.6. The zero-order valence-corrected chi connectivity index (χ0v) is 21.1. The average Bonchev–Trinajstić information content (AvgIpc) is 3.18. The maximum absolute atomic E-state index is 13.6. The SMILES string of the molecule is CCOC(=O)c1cccc(NC(=O)Cn2c3c(c(=O)n2-c2ccccc2)Cc2cccc(OCC)c2O3)c1. The Labute approximate surface area is 219 Å². The predicted molar refractivity (Wildman–Crippen MR) is 142 cm³/mol. The topological polar surface area (TPSA) is 101 Å². The molecule has 1 aliphatic rings. The van der Waals surface area contributed by atoms with Gasteiger partial charge >= 0.3 is 5.97 Å². The number of para-hydroxylation sites is 2. The summed E-state index contributed by atoms with van der Waals surface area (Å²) in [5, 5.41) is 2.81. The molecule has 2 heterocycles. The second-order valence-electron chi connectivity index (χ2n) is 8.60. The van der Waals surface area contributed by atoms with Crippen molar-refractivity contribution in [1.82, 2.24) is 9.36 Å². The van der Waals surface area contributed by atoms with E-state index in [9.17, 15) is 14.4 Å². The average molecular weight is 514 g/mol. The van der Waals surface area contributed by atoms with Crippen LogP contribution >= 0.6 is 0 Å². The number of carbonyl (C=O) groups excluding carboxylic acids is 2. The summed E-state index contributed by atoms with van der Waals surface area (Å²) in [5.41, 5.74) is 2.37. The molecule has 4 aromatic rings. The minimum atomic E-state index is -0.474. The molecular formula is C29H27N3O6. The van der Waals surface area contributed by atoms with Gasteiger partial charge in [0.2, 0.25) is 11.8 Å². The van der Waals surface area contributed by atoms with Crippen LogP contribution in [0.4, 0.5) is 5.69 Å². The quantitative estimate of drug-likeness (QED) is 0.306. The smallest absolute Gasteiger partial charge is 0.338 e. The Balaban J connectivity index is 1.52. The Bertz CT molecular complexity index is 1550. The van der Waals surface area contributed by atoms with Gasteiger partial charge < -0.3 is 19.5 Å². The Morgan fingerprint density at radius 1 is 0.974 bits per heavy atom. The molecule has 194 valence electrons. The molecule has 0 saturated carbocycles. The van der Waals surface area contributed by atoms with E-state index in [2.05, 4.69) is 5.32 Å². The number of carbonyl (C=O) groups is 2. The van der Waals surface area contributed by atoms with Crippen LogP contribution in [0.15, 0.2) is 77.6 Å². The lowest BCUT2D eigenvalue weighted by Gasteiger charge is -2.21. The van der Waals surface area contributed by atoms with Crippen LogP contribution in [0.5, 0.6) is 17.4 Å². The van der Waals surface area contributed by atoms with E-state index < -0.39 is 11.9 Å². The van der Waals surface area contributed by atoms with Gasteiger partial charge in [-0.3, -0.25) is 9.59 Å². The van der Waals surface area contributed by atoms with Crippen LogP contribution in [0.2, 0.25) is 0 Å². The van der Waals surface area contributed by atoms with Crippen LogP contribution < -0.4 is 20.3 Å². The van der Waals surface area contributed by atoms with E-state index in [4.69, 9.17) is 14.2 Å². The molecule has 0 fully saturated rings. The first-order valence-corrected chi connectivity index (χ1v) is 12.4. The van der Waals surface area contributed by atoms with Crippen molar-refractivity contribution in [2.75, 3.05) is 18.5 Å². The third kappa shape index (κ3) is 4.78. The monoisotopic (exact) mass is 513 g/mol. The third-order valence-electron chi connectivity index (χ3n) is 6.06. The summed E-state index contributed by atoms with van der Waals surface area (Å²) in [6, 6.07) is 21.2. The van der Waals surface area contributed by atoms with Crippen LogP contribution in [0.3, 0.4) is 0 Å². The molecule has 1 N–H and O–H groups in total. The Kier molecular flexibility index (Phi) is 6.99. The fraction of sp³-hybridized carbons (Fsp3) is 0.207. The molecule has 9 nitrogen and oxygen atoms in total. The molecule has 0 aliphatic carbocycles. The molecule has 0 atom stereocenters. The van der Waals surface area contributed by atoms with Crippen molar-refractivity contribution >= 4 is 17.6 Å². The lowest BCUT2D eigenvalue weighted by Crippen LogP contribution is -2.27. The van der Waals surface area contributed by atoms with Gasteiger partial charge in [-0.15, -0.1) is 0 Å². The minimum absolute atomic E-state index is 0.213. The number of rotatable bonds is 8. The number of esters is 1. The van der Waals surface area contributed by atoms with Crippen molar-refractivity contribution in [3.05, 3.63) is 99.8 Å². The van der Waals surface area contributed by atoms with Crippen LogP contribution in [0.1, 0.15) is 35.3 Å². The highest BCUT2D eigenvalue weighted by atomic mass is 16.5. The highest BCUT2D eigenvalue weighted by Crippen LogP contribution is 2.42. The molecule has 1 aliphatic heterocycles. The Morgan fingerprint density at radius 2 is 1.76 bits per heavy atom. The molecule has 9 heteroatoms. The normalized spacial score (nSPS) is 11.6. The summed E-state index contributed by atoms with van der Waals surface area (Å²) in [6.45, 7) is 4.11. The number of benzene rings is 3. The number of ether oxygens (including phenoxy) is 3. The molecule has 38 heavy (non-hydrogen) atoms. The second-order valence-corrected chi connectivity index (χ2v) is 8.60. The van der Waals surface area contributed by atoms with E-state index in [0.717, 1.165) is 5.56 Å². The van der Waals surface area contributed by atoms with Gasteiger partial charge in [0.15, 0.2) is 11.5 Å². The predicted octanol–water partition coefficient (Wildman–Crippen LogP) is 4.55. The molecule has 1 aromatic heterocycles. The van der Waals surface area contributed by atoms with Crippen molar-refractivity contribution in [2.45, 2.75) is 26.8 Å². The Morgan fingerprint density at radius 3 is 2.53 bits per heavy atom. The first-order valence-electron chi connectivity index (χ1n) is 12.4. The summed E-state index contributed by atoms with van der Waals surface area (Å²) >= 11 is 0. The first-order chi connectivity index (χ1) is 18.5. The van der Waals surface area contributed by atoms with Gasteiger partial charge in [-0.1, -0.05) is 36.4 Å². The first kappa shape index (κ1) is 24.9. The van der Waals surface area contributed by atoms with Gasteiger partial charge in [0.1, 0.15) is 6.54 Å². The van der Waals surface area contributed by atoms with Crippen molar-refractivity contribution in [3.63, 3.8) is 0 Å². The van der Waals surface area contributed by atoms with Crippen molar-refractivity contribution < 1.29 is 23.8 Å². The van der Waals surface area contributed by atoms with Gasteiger partial charge in [-0.2, -0.15) is 0 Å². The lowest BCUT2D eigenvalue weighted by molar-refractivity contribution is -0.117. The number of hydrogen-bond acceptors (Lipinski definition) is 6. The zero-order chi connectivity index (χ0) is 26.6. The van der Waals surface area contributed by atoms with Gasteiger partial charge in [-0.25, -0.2) is 14.2 Å². The summed E-state index contributed by atoms with van der Waals surface area (Å²) in [7, 11) is 0. The molecule has 0 saturated heterocycles. The van der Waals surface area contributed by atoms with E-state index >= 15 is 0 Å². The summed E-state index contributed by atoms with van der Waals surface area (Å²) in [6.07, 6.45) is 0.341. The fourth-order valence-corrected chi connectivity index (χ4v) is 4.46. The number of anilines is 1. The van der Waals surface area contributed by atoms with Crippen LogP contribution in [-0.4, -0.2) is 34.5 Å². The second kappa shape index (κ2) is 10.7. The van der Waals surface area contributed by atoms with Crippen molar-refractivity contribution in [1.29, 1.82) is 0 Å². The van der Waals surface area contributed by atoms with E-state index in [1.165, 1.54) is 9.36 Å². The largest absolute Gasteiger partial charge is 0.490 e. The zero-order valence-electron chi connectivity index (χ0n) is 21.1. The number of hydrogen-bond donors (Lipinski definition) is 1. The van der Waals surface area contributed by atoms with Crippen LogP contribution in [0, 0.1) is 0 Å². The van der Waals surface area contributed by atoms with E-state index in [1.807, 2.05) is 43.3 Å². The molecule has 5 rings (SSSR count). The number of amides is 1. The number of nitrogens with one attached hydrogen (secondary N) is 1. The molecule has 0 spiro atoms. The fourth-order valence-electron chi connectivity index (χ4n) is 4.46. The lowest BCUT2D eigenvalue weighted by atomic mass is 10.0. The summed E-state index contributed by atoms with van der Waals surface area (Å²) in [4.78, 5) is 39.0. The van der Waals surface area contributed by atoms with Gasteiger partial charge in [0.25, 0.3) is 5.56 Å². The standard InChI is InChI=1S/C29H27N3O6/c1-3-36-24-15-9-10-19-17-23-27(34)32(22-13-6-5-7-14-22)31(28(23)38-26(19)24)18-25(33)30-21-12-8-11-20(16-21)29(35)37-4-2/h5-16H,3-4,17-18H2,1-2H3,(H,30,33). The molecule has 3 aromatic carbocycles. The summed E-state index contributed by atoms with van der Waals surface area (Å²) < 4.78 is 20.1. The van der Waals surface area contributed by atoms with Gasteiger partial charge in [0, 0.05) is 17.7 Å². The van der Waals surface area contributed by atoms with Gasteiger partial charge in [-0.05, 0) is 50.2 Å². The number of nitrogens with zero attached hydrogens (tertiary/aromatic N) is 2. The molecule has 0 radical (unpaired) electrons. The van der Waals surface area contributed by atoms with Crippen LogP contribution in [0.25, 0.3) is 5.69 Å². The maximum Gasteiger partial charge on any atom is 0.338 e. The van der Waals surface area contributed by atoms with E-state index in [1.54, 1.807) is 43.3 Å². The highest BCUT2D eigenvalue weighted by molar-refractivity contribution is 5.94. The third-order valence-corrected chi connectivity index (χ3v) is 6.06. The number of aromatic nitrogens is 2. The minimum Gasteiger partial charge on any atom is -0.490 e. The molecular weight excluding hydrogens is 486 g/mol. The van der Waals surface area contributed by atoms with E-state index in [0.29, 0.717) is 47.0 Å². The molecule has 1 amide bonds. The number of fused-ring (bicyclic) bond motifs is 2. The van der Waals surface area contributed by atoms with Gasteiger partial charge in [0.05, 0.1) is 30.0 Å². The molecule has 0 unspecified atom stereocenters. The highest BCUT2D eigenvalue weighted by Gasteiger charge is 2.31. The molecule has 0 bridgehead atoms. The Hall–Kier alpha value is -4.79.